The summed E-state index contributed by atoms with van der Waals surface area (Å²) in [5, 5.41) is 3.34. The van der Waals surface area contributed by atoms with Gasteiger partial charge in [0.1, 0.15) is 5.82 Å². The van der Waals surface area contributed by atoms with Gasteiger partial charge in [-0.3, -0.25) is 0 Å². The first kappa shape index (κ1) is 10.6. The maximum absolute atomic E-state index is 12.7. The Balaban J connectivity index is 2.05. The van der Waals surface area contributed by atoms with E-state index < -0.39 is 0 Å². The van der Waals surface area contributed by atoms with E-state index in [2.05, 4.69) is 5.32 Å². The summed E-state index contributed by atoms with van der Waals surface area (Å²) < 4.78 is 12.7. The zero-order chi connectivity index (χ0) is 10.7. The number of nitrogens with two attached hydrogens (primary N) is 1. The monoisotopic (exact) mass is 208 g/mol. The molecule has 1 saturated heterocycles. The van der Waals surface area contributed by atoms with Crippen LogP contribution in [0.5, 0.6) is 0 Å². The van der Waals surface area contributed by atoms with E-state index in [1.165, 1.54) is 18.6 Å². The van der Waals surface area contributed by atoms with Crippen molar-refractivity contribution in [2.75, 3.05) is 13.1 Å². The van der Waals surface area contributed by atoms with E-state index in [0.717, 1.165) is 25.1 Å². The van der Waals surface area contributed by atoms with Crippen molar-refractivity contribution in [3.8, 4) is 0 Å². The van der Waals surface area contributed by atoms with Crippen LogP contribution in [0, 0.1) is 11.7 Å². The van der Waals surface area contributed by atoms with Gasteiger partial charge in [0.15, 0.2) is 0 Å². The number of benzene rings is 1. The van der Waals surface area contributed by atoms with Crippen molar-refractivity contribution in [1.29, 1.82) is 0 Å². The standard InChI is InChI=1S/C12H17FN2/c13-11-5-3-9(4-6-11)12(14)10-2-1-7-15-8-10/h3-6,10,12,15H,1-2,7-8,14H2. The summed E-state index contributed by atoms with van der Waals surface area (Å²) in [6.07, 6.45) is 2.34. The molecule has 2 rings (SSSR count). The number of hydrogen-bond donors (Lipinski definition) is 2. The van der Waals surface area contributed by atoms with Gasteiger partial charge in [-0.05, 0) is 49.5 Å². The van der Waals surface area contributed by atoms with Gasteiger partial charge in [0.05, 0.1) is 0 Å². The quantitative estimate of drug-likeness (QED) is 0.778. The number of piperidine rings is 1. The highest BCUT2D eigenvalue weighted by molar-refractivity contribution is 5.20. The predicted molar refractivity (Wildman–Crippen MR) is 58.9 cm³/mol. The van der Waals surface area contributed by atoms with Crippen LogP contribution in [0.2, 0.25) is 0 Å². The fraction of sp³-hybridized carbons (Fsp3) is 0.500. The maximum Gasteiger partial charge on any atom is 0.123 e. The zero-order valence-electron chi connectivity index (χ0n) is 8.75. The lowest BCUT2D eigenvalue weighted by Crippen LogP contribution is -2.36. The molecule has 82 valence electrons. The molecule has 2 nitrogen and oxygen atoms in total. The van der Waals surface area contributed by atoms with E-state index >= 15 is 0 Å². The highest BCUT2D eigenvalue weighted by Gasteiger charge is 2.21. The lowest BCUT2D eigenvalue weighted by Gasteiger charge is -2.28. The molecule has 0 saturated carbocycles. The molecule has 0 bridgehead atoms. The van der Waals surface area contributed by atoms with Crippen molar-refractivity contribution in [2.24, 2.45) is 11.7 Å². The van der Waals surface area contributed by atoms with Gasteiger partial charge in [-0.15, -0.1) is 0 Å². The first-order valence-corrected chi connectivity index (χ1v) is 5.49. The highest BCUT2D eigenvalue weighted by Crippen LogP contribution is 2.24. The molecular formula is C12H17FN2. The van der Waals surface area contributed by atoms with E-state index in [1.54, 1.807) is 12.1 Å². The second-order valence-electron chi connectivity index (χ2n) is 4.18. The van der Waals surface area contributed by atoms with Crippen LogP contribution in [0.15, 0.2) is 24.3 Å². The molecule has 1 aromatic rings. The van der Waals surface area contributed by atoms with Crippen molar-refractivity contribution in [3.05, 3.63) is 35.6 Å². The van der Waals surface area contributed by atoms with Crippen LogP contribution in [0.1, 0.15) is 24.4 Å². The van der Waals surface area contributed by atoms with Crippen LogP contribution in [0.3, 0.4) is 0 Å². The number of hydrogen-bond acceptors (Lipinski definition) is 2. The molecule has 1 fully saturated rings. The predicted octanol–water partition coefficient (Wildman–Crippen LogP) is 1.83. The third-order valence-electron chi connectivity index (χ3n) is 3.10. The van der Waals surface area contributed by atoms with Gasteiger partial charge < -0.3 is 11.1 Å². The summed E-state index contributed by atoms with van der Waals surface area (Å²) >= 11 is 0. The Morgan fingerprint density at radius 2 is 2.07 bits per heavy atom. The summed E-state index contributed by atoms with van der Waals surface area (Å²) in [5.41, 5.74) is 7.19. The molecule has 0 aliphatic carbocycles. The van der Waals surface area contributed by atoms with E-state index in [-0.39, 0.29) is 11.9 Å². The minimum Gasteiger partial charge on any atom is -0.324 e. The summed E-state index contributed by atoms with van der Waals surface area (Å²) in [4.78, 5) is 0. The van der Waals surface area contributed by atoms with Crippen LogP contribution in [0.4, 0.5) is 4.39 Å². The second kappa shape index (κ2) is 4.73. The number of nitrogens with one attached hydrogen (secondary N) is 1. The minimum absolute atomic E-state index is 0.0263. The smallest absolute Gasteiger partial charge is 0.123 e. The number of rotatable bonds is 2. The van der Waals surface area contributed by atoms with Crippen LogP contribution >= 0.6 is 0 Å². The van der Waals surface area contributed by atoms with Crippen LogP contribution in [0.25, 0.3) is 0 Å². The lowest BCUT2D eigenvalue weighted by molar-refractivity contribution is 0.326. The van der Waals surface area contributed by atoms with Crippen LogP contribution < -0.4 is 11.1 Å². The molecule has 3 heteroatoms. The highest BCUT2D eigenvalue weighted by atomic mass is 19.1. The molecule has 1 heterocycles. The van der Waals surface area contributed by atoms with Crippen LogP contribution in [-0.2, 0) is 0 Å². The van der Waals surface area contributed by atoms with Crippen molar-refractivity contribution in [3.63, 3.8) is 0 Å². The molecule has 0 radical (unpaired) electrons. The second-order valence-corrected chi connectivity index (χ2v) is 4.18. The molecule has 3 N–H and O–H groups in total. The Kier molecular flexibility index (Phi) is 3.34. The van der Waals surface area contributed by atoms with Crippen LogP contribution in [-0.4, -0.2) is 13.1 Å². The van der Waals surface area contributed by atoms with Gasteiger partial charge >= 0.3 is 0 Å². The molecule has 0 amide bonds. The number of halogens is 1. The third-order valence-corrected chi connectivity index (χ3v) is 3.10. The Morgan fingerprint density at radius 1 is 1.33 bits per heavy atom. The molecule has 2 unspecified atom stereocenters. The van der Waals surface area contributed by atoms with Crippen molar-refractivity contribution in [2.45, 2.75) is 18.9 Å². The zero-order valence-corrected chi connectivity index (χ0v) is 8.75. The van der Waals surface area contributed by atoms with E-state index in [0.29, 0.717) is 5.92 Å². The first-order chi connectivity index (χ1) is 7.27. The third kappa shape index (κ3) is 2.55. The van der Waals surface area contributed by atoms with Gasteiger partial charge in [0.25, 0.3) is 0 Å². The fourth-order valence-electron chi connectivity index (χ4n) is 2.14. The largest absolute Gasteiger partial charge is 0.324 e. The van der Waals surface area contributed by atoms with Gasteiger partial charge in [0, 0.05) is 6.04 Å². The molecular weight excluding hydrogens is 191 g/mol. The molecule has 15 heavy (non-hydrogen) atoms. The fourth-order valence-corrected chi connectivity index (χ4v) is 2.14. The summed E-state index contributed by atoms with van der Waals surface area (Å²) in [7, 11) is 0. The lowest BCUT2D eigenvalue weighted by atomic mass is 9.88. The maximum atomic E-state index is 12.7. The minimum atomic E-state index is -0.201. The van der Waals surface area contributed by atoms with E-state index in [1.807, 2.05) is 0 Å². The van der Waals surface area contributed by atoms with Crippen molar-refractivity contribution < 1.29 is 4.39 Å². The molecule has 0 spiro atoms. The van der Waals surface area contributed by atoms with Gasteiger partial charge in [-0.2, -0.15) is 0 Å². The van der Waals surface area contributed by atoms with Gasteiger partial charge in [0.2, 0.25) is 0 Å². The summed E-state index contributed by atoms with van der Waals surface area (Å²) in [6.45, 7) is 2.06. The Morgan fingerprint density at radius 3 is 2.67 bits per heavy atom. The summed E-state index contributed by atoms with van der Waals surface area (Å²) in [5.74, 6) is 0.275. The van der Waals surface area contributed by atoms with E-state index in [9.17, 15) is 4.39 Å². The van der Waals surface area contributed by atoms with Gasteiger partial charge in [-0.25, -0.2) is 4.39 Å². The molecule has 1 aliphatic heterocycles. The average molecular weight is 208 g/mol. The molecule has 0 aromatic heterocycles. The normalized spacial score (nSPS) is 23.7. The SMILES string of the molecule is NC(c1ccc(F)cc1)C1CCCNC1. The van der Waals surface area contributed by atoms with Crippen molar-refractivity contribution >= 4 is 0 Å². The average Bonchev–Trinajstić information content (AvgIpc) is 2.30. The molecule has 1 aromatic carbocycles. The molecule has 2 atom stereocenters. The Labute approximate surface area is 89.7 Å². The first-order valence-electron chi connectivity index (χ1n) is 5.49. The summed E-state index contributed by atoms with van der Waals surface area (Å²) in [6, 6.07) is 6.55. The van der Waals surface area contributed by atoms with Gasteiger partial charge in [-0.1, -0.05) is 12.1 Å². The van der Waals surface area contributed by atoms with E-state index in [4.69, 9.17) is 5.73 Å². The topological polar surface area (TPSA) is 38.0 Å². The Bertz CT molecular complexity index is 304. The molecule has 1 aliphatic rings. The Hall–Kier alpha value is -0.930. The van der Waals surface area contributed by atoms with Crippen molar-refractivity contribution in [1.82, 2.24) is 5.32 Å².